The Balaban J connectivity index is 1.50. The highest BCUT2D eigenvalue weighted by molar-refractivity contribution is 5.93. The van der Waals surface area contributed by atoms with Crippen LogP contribution in [0.2, 0.25) is 0 Å². The maximum Gasteiger partial charge on any atom is 0.269 e. The van der Waals surface area contributed by atoms with Crippen LogP contribution < -0.4 is 5.32 Å². The van der Waals surface area contributed by atoms with Crippen molar-refractivity contribution in [1.29, 1.82) is 0 Å². The Morgan fingerprint density at radius 2 is 1.87 bits per heavy atom. The van der Waals surface area contributed by atoms with Crippen molar-refractivity contribution in [2.24, 2.45) is 0 Å². The molecule has 3 aromatic rings. The zero-order valence-electron chi connectivity index (χ0n) is 12.6. The van der Waals surface area contributed by atoms with Crippen LogP contribution in [-0.4, -0.2) is 32.6 Å². The van der Waals surface area contributed by atoms with Gasteiger partial charge in [-0.25, -0.2) is 0 Å². The number of pyridine rings is 2. The van der Waals surface area contributed by atoms with Crippen molar-refractivity contribution in [3.05, 3.63) is 66.2 Å². The zero-order valence-corrected chi connectivity index (χ0v) is 12.6. The average Bonchev–Trinajstić information content (AvgIpc) is 3.10. The van der Waals surface area contributed by atoms with Crippen molar-refractivity contribution in [2.75, 3.05) is 6.54 Å². The molecule has 0 bridgehead atoms. The van der Waals surface area contributed by atoms with Gasteiger partial charge < -0.3 is 5.32 Å². The molecule has 6 nitrogen and oxygen atoms in total. The average molecular weight is 307 g/mol. The van der Waals surface area contributed by atoms with E-state index >= 15 is 0 Å². The zero-order chi connectivity index (χ0) is 15.9. The van der Waals surface area contributed by atoms with Crippen molar-refractivity contribution in [2.45, 2.75) is 12.8 Å². The predicted octanol–water partition coefficient (Wildman–Crippen LogP) is 2.23. The fourth-order valence-corrected chi connectivity index (χ4v) is 2.20. The Kier molecular flexibility index (Phi) is 4.73. The summed E-state index contributed by atoms with van der Waals surface area (Å²) in [7, 11) is 0. The van der Waals surface area contributed by atoms with Gasteiger partial charge >= 0.3 is 0 Å². The summed E-state index contributed by atoms with van der Waals surface area (Å²) in [6.07, 6.45) is 5.15. The van der Waals surface area contributed by atoms with E-state index in [4.69, 9.17) is 0 Å². The van der Waals surface area contributed by atoms with E-state index in [1.54, 1.807) is 18.5 Å². The number of carbonyl (C=O) groups is 1. The molecule has 0 aliphatic carbocycles. The molecule has 0 spiro atoms. The molecule has 0 saturated carbocycles. The molecule has 0 aliphatic heterocycles. The number of rotatable bonds is 6. The quantitative estimate of drug-likeness (QED) is 0.684. The molecule has 0 aromatic carbocycles. The van der Waals surface area contributed by atoms with E-state index in [9.17, 15) is 4.79 Å². The Morgan fingerprint density at radius 3 is 2.61 bits per heavy atom. The lowest BCUT2D eigenvalue weighted by atomic mass is 10.2. The van der Waals surface area contributed by atoms with E-state index in [2.05, 4.69) is 25.5 Å². The van der Waals surface area contributed by atoms with Crippen LogP contribution in [0, 0.1) is 0 Å². The van der Waals surface area contributed by atoms with E-state index < -0.39 is 0 Å². The van der Waals surface area contributed by atoms with Crippen molar-refractivity contribution < 1.29 is 4.79 Å². The summed E-state index contributed by atoms with van der Waals surface area (Å²) in [6, 6.07) is 13.1. The highest BCUT2D eigenvalue weighted by atomic mass is 16.1. The monoisotopic (exact) mass is 307 g/mol. The molecule has 0 atom stereocenters. The molecule has 116 valence electrons. The van der Waals surface area contributed by atoms with Crippen LogP contribution >= 0.6 is 0 Å². The van der Waals surface area contributed by atoms with Gasteiger partial charge in [0.05, 0.1) is 5.69 Å². The van der Waals surface area contributed by atoms with E-state index in [-0.39, 0.29) is 5.91 Å². The first-order valence-corrected chi connectivity index (χ1v) is 7.48. The summed E-state index contributed by atoms with van der Waals surface area (Å²) >= 11 is 0. The SMILES string of the molecule is O=C(NCCCc1ccccn1)c1cc(-c2ccccn2)n[nH]1. The van der Waals surface area contributed by atoms with Gasteiger partial charge in [-0.05, 0) is 43.2 Å². The molecule has 0 unspecified atom stereocenters. The molecule has 6 heteroatoms. The van der Waals surface area contributed by atoms with Gasteiger partial charge in [0.25, 0.3) is 5.91 Å². The van der Waals surface area contributed by atoms with E-state index in [0.717, 1.165) is 24.2 Å². The van der Waals surface area contributed by atoms with E-state index in [1.165, 1.54) is 0 Å². The summed E-state index contributed by atoms with van der Waals surface area (Å²) in [5, 5.41) is 9.75. The number of aromatic nitrogens is 4. The molecular formula is C17H17N5O. The van der Waals surface area contributed by atoms with Crippen molar-refractivity contribution in [3.63, 3.8) is 0 Å². The lowest BCUT2D eigenvalue weighted by molar-refractivity contribution is 0.0948. The Bertz CT molecular complexity index is 755. The lowest BCUT2D eigenvalue weighted by Crippen LogP contribution is -2.25. The number of hydrogen-bond donors (Lipinski definition) is 2. The second kappa shape index (κ2) is 7.31. The van der Waals surface area contributed by atoms with Gasteiger partial charge in [-0.1, -0.05) is 12.1 Å². The van der Waals surface area contributed by atoms with Crippen LogP contribution in [0.1, 0.15) is 22.6 Å². The van der Waals surface area contributed by atoms with Crippen LogP contribution in [0.4, 0.5) is 0 Å². The Labute approximate surface area is 134 Å². The smallest absolute Gasteiger partial charge is 0.269 e. The number of nitrogens with zero attached hydrogens (tertiary/aromatic N) is 3. The molecule has 0 saturated heterocycles. The number of carbonyl (C=O) groups excluding carboxylic acids is 1. The number of aryl methyl sites for hydroxylation is 1. The topological polar surface area (TPSA) is 83.6 Å². The summed E-state index contributed by atoms with van der Waals surface area (Å²) in [6.45, 7) is 0.591. The van der Waals surface area contributed by atoms with Gasteiger partial charge in [0.15, 0.2) is 0 Å². The third kappa shape index (κ3) is 4.00. The number of nitrogens with one attached hydrogen (secondary N) is 2. The van der Waals surface area contributed by atoms with Gasteiger partial charge in [0, 0.05) is 24.6 Å². The molecule has 1 amide bonds. The normalized spacial score (nSPS) is 10.4. The third-order valence-electron chi connectivity index (χ3n) is 3.37. The maximum atomic E-state index is 12.1. The highest BCUT2D eigenvalue weighted by Crippen LogP contribution is 2.13. The molecular weight excluding hydrogens is 290 g/mol. The van der Waals surface area contributed by atoms with Crippen molar-refractivity contribution >= 4 is 5.91 Å². The lowest BCUT2D eigenvalue weighted by Gasteiger charge is -2.03. The van der Waals surface area contributed by atoms with Gasteiger partial charge in [-0.2, -0.15) is 5.10 Å². The molecule has 3 heterocycles. The number of H-pyrrole nitrogens is 1. The second-order valence-electron chi connectivity index (χ2n) is 5.06. The molecule has 0 fully saturated rings. The second-order valence-corrected chi connectivity index (χ2v) is 5.06. The third-order valence-corrected chi connectivity index (χ3v) is 3.37. The minimum atomic E-state index is -0.166. The summed E-state index contributed by atoms with van der Waals surface area (Å²) < 4.78 is 0. The van der Waals surface area contributed by atoms with Gasteiger partial charge in [-0.3, -0.25) is 19.9 Å². The first kappa shape index (κ1) is 14.9. The number of hydrogen-bond acceptors (Lipinski definition) is 4. The van der Waals surface area contributed by atoms with Crippen molar-refractivity contribution in [3.8, 4) is 11.4 Å². The largest absolute Gasteiger partial charge is 0.351 e. The summed E-state index contributed by atoms with van der Waals surface area (Å²) in [5.41, 5.74) is 2.85. The molecule has 0 aliphatic rings. The van der Waals surface area contributed by atoms with Crippen LogP contribution in [0.3, 0.4) is 0 Å². The minimum absolute atomic E-state index is 0.166. The molecule has 3 rings (SSSR count). The Morgan fingerprint density at radius 1 is 1.04 bits per heavy atom. The fourth-order valence-electron chi connectivity index (χ4n) is 2.20. The highest BCUT2D eigenvalue weighted by Gasteiger charge is 2.10. The maximum absolute atomic E-state index is 12.1. The van der Waals surface area contributed by atoms with Crippen LogP contribution in [0.25, 0.3) is 11.4 Å². The molecule has 2 N–H and O–H groups in total. The Hall–Kier alpha value is -3.02. The minimum Gasteiger partial charge on any atom is -0.351 e. The van der Waals surface area contributed by atoms with E-state index in [1.807, 2.05) is 36.4 Å². The number of amides is 1. The predicted molar refractivity (Wildman–Crippen MR) is 86.7 cm³/mol. The van der Waals surface area contributed by atoms with Crippen LogP contribution in [0.5, 0.6) is 0 Å². The van der Waals surface area contributed by atoms with Crippen LogP contribution in [-0.2, 0) is 6.42 Å². The summed E-state index contributed by atoms with van der Waals surface area (Å²) in [4.78, 5) is 20.5. The molecule has 23 heavy (non-hydrogen) atoms. The first-order chi connectivity index (χ1) is 11.3. The van der Waals surface area contributed by atoms with Gasteiger partial charge in [0.2, 0.25) is 0 Å². The van der Waals surface area contributed by atoms with Crippen molar-refractivity contribution in [1.82, 2.24) is 25.5 Å². The van der Waals surface area contributed by atoms with Gasteiger partial charge in [0.1, 0.15) is 11.4 Å². The fraction of sp³-hybridized carbons (Fsp3) is 0.176. The molecule has 0 radical (unpaired) electrons. The number of aromatic amines is 1. The summed E-state index contributed by atoms with van der Waals surface area (Å²) in [5.74, 6) is -0.166. The van der Waals surface area contributed by atoms with Crippen LogP contribution in [0.15, 0.2) is 54.9 Å². The molecule has 3 aromatic heterocycles. The standard InChI is InChI=1S/C17H17N5O/c23-17(20-11-5-7-13-6-1-3-9-18-13)16-12-15(21-22-16)14-8-2-4-10-19-14/h1-4,6,8-10,12H,5,7,11H2,(H,20,23)(H,21,22). The van der Waals surface area contributed by atoms with E-state index in [0.29, 0.717) is 17.9 Å². The van der Waals surface area contributed by atoms with Gasteiger partial charge in [-0.15, -0.1) is 0 Å². The first-order valence-electron chi connectivity index (χ1n) is 7.48.